The van der Waals surface area contributed by atoms with Crippen molar-refractivity contribution in [1.29, 1.82) is 0 Å². The average molecular weight is 160 g/mol. The molecule has 2 heterocycles. The fraction of sp³-hybridized carbons (Fsp3) is 0.143. The highest BCUT2D eigenvalue weighted by molar-refractivity contribution is 6.53. The lowest BCUT2D eigenvalue weighted by Crippen LogP contribution is -2.30. The van der Waals surface area contributed by atoms with E-state index in [1.807, 2.05) is 40.5 Å². The van der Waals surface area contributed by atoms with Gasteiger partial charge in [0.25, 0.3) is 0 Å². The lowest BCUT2D eigenvalue weighted by molar-refractivity contribution is 0.856. The molecule has 2 rings (SSSR count). The van der Waals surface area contributed by atoms with E-state index in [2.05, 4.69) is 10.2 Å². The summed E-state index contributed by atoms with van der Waals surface area (Å²) in [6.07, 6.45) is 7.37. The van der Waals surface area contributed by atoms with Crippen LogP contribution in [0.2, 0.25) is 6.82 Å². The average Bonchev–Trinajstić information content (AvgIpc) is 2.77. The quantitative estimate of drug-likeness (QED) is 0.602. The summed E-state index contributed by atoms with van der Waals surface area (Å²) in [7, 11) is 0. The summed E-state index contributed by atoms with van der Waals surface area (Å²) in [5.41, 5.74) is 0. The van der Waals surface area contributed by atoms with E-state index in [4.69, 9.17) is 0 Å². The molecule has 0 fully saturated rings. The SMILES string of the molecule is CB(n1cccn1)n1cccn1. The smallest absolute Gasteiger partial charge is 0.291 e. The van der Waals surface area contributed by atoms with Gasteiger partial charge in [-0.1, -0.05) is 0 Å². The number of rotatable bonds is 2. The van der Waals surface area contributed by atoms with Crippen LogP contribution in [-0.2, 0) is 0 Å². The van der Waals surface area contributed by atoms with Crippen LogP contribution in [0.4, 0.5) is 0 Å². The van der Waals surface area contributed by atoms with Gasteiger partial charge in [-0.15, -0.1) is 0 Å². The van der Waals surface area contributed by atoms with Crippen LogP contribution in [0.25, 0.3) is 0 Å². The molecule has 2 aromatic heterocycles. The number of hydrogen-bond donors (Lipinski definition) is 0. The second-order valence-electron chi connectivity index (χ2n) is 2.60. The van der Waals surface area contributed by atoms with E-state index in [0.29, 0.717) is 0 Å². The van der Waals surface area contributed by atoms with Crippen LogP contribution in [0.5, 0.6) is 0 Å². The first-order chi connectivity index (χ1) is 5.88. The minimum absolute atomic E-state index is 0.148. The van der Waals surface area contributed by atoms with Crippen molar-refractivity contribution in [3.05, 3.63) is 36.9 Å². The minimum atomic E-state index is 0.148. The Balaban J connectivity index is 2.27. The second-order valence-corrected chi connectivity index (χ2v) is 2.60. The molecule has 0 aliphatic rings. The van der Waals surface area contributed by atoms with Crippen molar-refractivity contribution in [2.24, 2.45) is 0 Å². The maximum absolute atomic E-state index is 4.13. The highest BCUT2D eigenvalue weighted by Crippen LogP contribution is 1.92. The summed E-state index contributed by atoms with van der Waals surface area (Å²) < 4.78 is 3.71. The van der Waals surface area contributed by atoms with Crippen molar-refractivity contribution in [2.45, 2.75) is 6.82 Å². The Bertz CT molecular complexity index is 292. The maximum atomic E-state index is 4.13. The van der Waals surface area contributed by atoms with E-state index in [-0.39, 0.29) is 6.98 Å². The Morgan fingerprint density at radius 1 is 1.00 bits per heavy atom. The highest BCUT2D eigenvalue weighted by Gasteiger charge is 2.12. The Labute approximate surface area is 70.9 Å². The van der Waals surface area contributed by atoms with Crippen molar-refractivity contribution >= 4 is 6.98 Å². The highest BCUT2D eigenvalue weighted by atomic mass is 15.3. The summed E-state index contributed by atoms with van der Waals surface area (Å²) in [4.78, 5) is 0. The largest absolute Gasteiger partial charge is 0.415 e. The molecule has 60 valence electrons. The van der Waals surface area contributed by atoms with Crippen LogP contribution in [0, 0.1) is 0 Å². The topological polar surface area (TPSA) is 35.6 Å². The normalized spacial score (nSPS) is 10.1. The van der Waals surface area contributed by atoms with Crippen molar-refractivity contribution < 1.29 is 0 Å². The molecule has 0 aromatic carbocycles. The van der Waals surface area contributed by atoms with E-state index in [0.717, 1.165) is 0 Å². The number of hydrogen-bond acceptors (Lipinski definition) is 2. The Kier molecular flexibility index (Phi) is 1.70. The summed E-state index contributed by atoms with van der Waals surface area (Å²) in [6, 6.07) is 3.81. The molecule has 0 radical (unpaired) electrons. The minimum Gasteiger partial charge on any atom is -0.291 e. The Morgan fingerprint density at radius 3 is 1.83 bits per heavy atom. The Morgan fingerprint density at radius 2 is 1.50 bits per heavy atom. The molecule has 0 unspecified atom stereocenters. The van der Waals surface area contributed by atoms with Gasteiger partial charge in [-0.05, 0) is 19.0 Å². The third kappa shape index (κ3) is 1.13. The molecular weight excluding hydrogens is 151 g/mol. The molecule has 0 saturated carbocycles. The zero-order chi connectivity index (χ0) is 8.39. The molecule has 12 heavy (non-hydrogen) atoms. The first kappa shape index (κ1) is 7.15. The fourth-order valence-electron chi connectivity index (χ4n) is 1.12. The molecule has 0 spiro atoms. The first-order valence-corrected chi connectivity index (χ1v) is 3.86. The Hall–Kier alpha value is -1.52. The first-order valence-electron chi connectivity index (χ1n) is 3.86. The van der Waals surface area contributed by atoms with Gasteiger partial charge in [-0.25, -0.2) is 0 Å². The molecule has 4 nitrogen and oxygen atoms in total. The maximum Gasteiger partial charge on any atom is 0.415 e. The van der Waals surface area contributed by atoms with E-state index in [1.165, 1.54) is 0 Å². The van der Waals surface area contributed by atoms with Crippen LogP contribution < -0.4 is 0 Å². The van der Waals surface area contributed by atoms with E-state index in [1.54, 1.807) is 12.4 Å². The molecule has 0 aliphatic heterocycles. The van der Waals surface area contributed by atoms with E-state index >= 15 is 0 Å². The molecule has 0 aliphatic carbocycles. The third-order valence-electron chi connectivity index (χ3n) is 1.82. The van der Waals surface area contributed by atoms with Crippen LogP contribution in [0.3, 0.4) is 0 Å². The number of nitrogens with zero attached hydrogens (tertiary/aromatic N) is 4. The van der Waals surface area contributed by atoms with Crippen LogP contribution in [0.15, 0.2) is 36.9 Å². The third-order valence-corrected chi connectivity index (χ3v) is 1.82. The molecule has 0 N–H and O–H groups in total. The molecule has 0 saturated heterocycles. The lowest BCUT2D eigenvalue weighted by Gasteiger charge is -2.06. The zero-order valence-corrected chi connectivity index (χ0v) is 6.83. The summed E-state index contributed by atoms with van der Waals surface area (Å²) >= 11 is 0. The van der Waals surface area contributed by atoms with Gasteiger partial charge in [-0.2, -0.15) is 10.2 Å². The zero-order valence-electron chi connectivity index (χ0n) is 6.83. The van der Waals surface area contributed by atoms with Gasteiger partial charge in [0.15, 0.2) is 0 Å². The van der Waals surface area contributed by atoms with Gasteiger partial charge in [0.1, 0.15) is 0 Å². The molecule has 0 atom stereocenters. The monoisotopic (exact) mass is 160 g/mol. The molecular formula is C7H9BN4. The predicted molar refractivity (Wildman–Crippen MR) is 46.9 cm³/mol. The fourth-order valence-corrected chi connectivity index (χ4v) is 1.12. The van der Waals surface area contributed by atoms with Crippen molar-refractivity contribution in [2.75, 3.05) is 0 Å². The van der Waals surface area contributed by atoms with Crippen molar-refractivity contribution in [1.82, 2.24) is 19.4 Å². The lowest BCUT2D eigenvalue weighted by atomic mass is 9.81. The van der Waals surface area contributed by atoms with Crippen LogP contribution in [-0.4, -0.2) is 26.4 Å². The van der Waals surface area contributed by atoms with Gasteiger partial charge in [0.05, 0.1) is 0 Å². The molecule has 0 amide bonds. The standard InChI is InChI=1S/C7H9BN4/c1-8(11-6-2-4-9-11)12-7-3-5-10-12/h2-7H,1H3. The second kappa shape index (κ2) is 2.85. The van der Waals surface area contributed by atoms with E-state index < -0.39 is 0 Å². The van der Waals surface area contributed by atoms with Gasteiger partial charge in [0.2, 0.25) is 0 Å². The van der Waals surface area contributed by atoms with Crippen molar-refractivity contribution in [3.63, 3.8) is 0 Å². The van der Waals surface area contributed by atoms with Gasteiger partial charge < -0.3 is 0 Å². The van der Waals surface area contributed by atoms with Crippen LogP contribution in [0.1, 0.15) is 0 Å². The summed E-state index contributed by atoms with van der Waals surface area (Å²) in [6.45, 7) is 2.19. The predicted octanol–water partition coefficient (Wildman–Crippen LogP) is 0.594. The molecule has 0 bridgehead atoms. The van der Waals surface area contributed by atoms with Gasteiger partial charge >= 0.3 is 6.98 Å². The van der Waals surface area contributed by atoms with Gasteiger partial charge in [-0.3, -0.25) is 9.19 Å². The molecule has 5 heteroatoms. The summed E-state index contributed by atoms with van der Waals surface area (Å²) in [5, 5.41) is 8.26. The van der Waals surface area contributed by atoms with Gasteiger partial charge in [0, 0.05) is 24.8 Å². The summed E-state index contributed by atoms with van der Waals surface area (Å²) in [5.74, 6) is 0. The van der Waals surface area contributed by atoms with Crippen LogP contribution >= 0.6 is 0 Å². The number of aromatic nitrogens is 4. The van der Waals surface area contributed by atoms with E-state index in [9.17, 15) is 0 Å². The van der Waals surface area contributed by atoms with Crippen molar-refractivity contribution in [3.8, 4) is 0 Å². The molecule has 2 aromatic rings.